The molecule has 0 N–H and O–H groups in total. The van der Waals surface area contributed by atoms with Gasteiger partial charge in [-0.05, 0) is 24.1 Å². The van der Waals surface area contributed by atoms with Gasteiger partial charge in [-0.3, -0.25) is 4.79 Å². The van der Waals surface area contributed by atoms with Crippen LogP contribution in [0.25, 0.3) is 0 Å². The molecule has 0 amide bonds. The predicted molar refractivity (Wildman–Crippen MR) is 68.7 cm³/mol. The average molecular weight is 272 g/mol. The number of hydrogen-bond donors (Lipinski definition) is 0. The lowest BCUT2D eigenvalue weighted by Gasteiger charge is -2.03. The first-order valence-electron chi connectivity index (χ1n) is 5.89. The topological polar surface area (TPSA) is 51.2 Å². The molecule has 1 aromatic carbocycles. The molecule has 100 valence electrons. The van der Waals surface area contributed by atoms with Crippen molar-refractivity contribution < 1.29 is 17.6 Å². The molecule has 0 saturated carbocycles. The van der Waals surface area contributed by atoms with E-state index in [1.807, 2.05) is 6.92 Å². The van der Waals surface area contributed by atoms with Crippen LogP contribution < -0.4 is 0 Å². The molecule has 0 heterocycles. The zero-order chi connectivity index (χ0) is 13.6. The monoisotopic (exact) mass is 272 g/mol. The van der Waals surface area contributed by atoms with Gasteiger partial charge in [-0.15, -0.1) is 0 Å². The quantitative estimate of drug-likeness (QED) is 0.764. The molecule has 0 bridgehead atoms. The van der Waals surface area contributed by atoms with Crippen molar-refractivity contribution in [2.75, 3.05) is 11.5 Å². The second-order valence-electron chi connectivity index (χ2n) is 4.29. The molecule has 5 heteroatoms. The van der Waals surface area contributed by atoms with Crippen LogP contribution in [0.1, 0.15) is 25.3 Å². The van der Waals surface area contributed by atoms with Crippen molar-refractivity contribution in [2.45, 2.75) is 26.2 Å². The smallest absolute Gasteiger partial charge is 0.157 e. The fraction of sp³-hybridized carbons (Fsp3) is 0.462. The Balaban J connectivity index is 2.54. The van der Waals surface area contributed by atoms with E-state index in [1.54, 1.807) is 0 Å². The van der Waals surface area contributed by atoms with Crippen molar-refractivity contribution in [3.63, 3.8) is 0 Å². The van der Waals surface area contributed by atoms with E-state index in [2.05, 4.69) is 0 Å². The van der Waals surface area contributed by atoms with E-state index in [4.69, 9.17) is 0 Å². The number of sulfone groups is 1. The summed E-state index contributed by atoms with van der Waals surface area (Å²) in [5.41, 5.74) is 0.632. The molecule has 0 fully saturated rings. The molecule has 0 atom stereocenters. The zero-order valence-electron chi connectivity index (χ0n) is 10.4. The first kappa shape index (κ1) is 14.8. The molecule has 0 aliphatic rings. The van der Waals surface area contributed by atoms with Gasteiger partial charge in [0.1, 0.15) is 11.6 Å². The molecule has 0 radical (unpaired) electrons. The molecule has 0 spiro atoms. The van der Waals surface area contributed by atoms with Crippen molar-refractivity contribution in [1.82, 2.24) is 0 Å². The normalized spacial score (nSPS) is 11.4. The summed E-state index contributed by atoms with van der Waals surface area (Å²) in [6, 6.07) is 5.50. The molecule has 18 heavy (non-hydrogen) atoms. The number of carbonyl (C=O) groups excluding carboxylic acids is 1. The Morgan fingerprint density at radius 3 is 2.39 bits per heavy atom. The summed E-state index contributed by atoms with van der Waals surface area (Å²) >= 11 is 0. The highest BCUT2D eigenvalue weighted by atomic mass is 32.2. The summed E-state index contributed by atoms with van der Waals surface area (Å²) in [5, 5.41) is 0. The Hall–Kier alpha value is -1.23. The van der Waals surface area contributed by atoms with Gasteiger partial charge in [0.25, 0.3) is 0 Å². The number of unbranched alkanes of at least 4 members (excludes halogenated alkanes) is 1. The lowest BCUT2D eigenvalue weighted by atomic mass is 10.1. The second-order valence-corrected chi connectivity index (χ2v) is 6.47. The fourth-order valence-electron chi connectivity index (χ4n) is 1.56. The number of ketones is 1. The van der Waals surface area contributed by atoms with Gasteiger partial charge in [0.15, 0.2) is 15.6 Å². The lowest BCUT2D eigenvalue weighted by molar-refractivity contribution is -0.116. The van der Waals surface area contributed by atoms with E-state index in [0.717, 1.165) is 6.42 Å². The molecule has 1 rings (SSSR count). The van der Waals surface area contributed by atoms with Gasteiger partial charge < -0.3 is 0 Å². The summed E-state index contributed by atoms with van der Waals surface area (Å²) in [4.78, 5) is 11.6. The third-order valence-electron chi connectivity index (χ3n) is 2.50. The molecule has 0 aliphatic heterocycles. The van der Waals surface area contributed by atoms with Crippen molar-refractivity contribution in [2.24, 2.45) is 0 Å². The minimum Gasteiger partial charge on any atom is -0.298 e. The van der Waals surface area contributed by atoms with Crippen molar-refractivity contribution in [3.05, 3.63) is 35.6 Å². The van der Waals surface area contributed by atoms with Crippen molar-refractivity contribution in [1.29, 1.82) is 0 Å². The van der Waals surface area contributed by atoms with Crippen LogP contribution in [-0.4, -0.2) is 25.7 Å². The van der Waals surface area contributed by atoms with Crippen LogP contribution in [0.5, 0.6) is 0 Å². The Labute approximate surface area is 107 Å². The highest BCUT2D eigenvalue weighted by Crippen LogP contribution is 2.06. The van der Waals surface area contributed by atoms with Gasteiger partial charge in [0.05, 0.1) is 5.75 Å². The molecule has 0 unspecified atom stereocenters. The largest absolute Gasteiger partial charge is 0.298 e. The minimum atomic E-state index is -3.29. The van der Waals surface area contributed by atoms with E-state index in [1.165, 1.54) is 24.3 Å². The minimum absolute atomic E-state index is 0.0334. The number of halogens is 1. The van der Waals surface area contributed by atoms with Crippen molar-refractivity contribution >= 4 is 15.6 Å². The predicted octanol–water partition coefficient (Wildman–Crippen LogP) is 2.15. The van der Waals surface area contributed by atoms with Gasteiger partial charge in [0, 0.05) is 6.42 Å². The van der Waals surface area contributed by atoms with Crippen LogP contribution >= 0.6 is 0 Å². The van der Waals surface area contributed by atoms with Crippen molar-refractivity contribution in [3.8, 4) is 0 Å². The average Bonchev–Trinajstić information content (AvgIpc) is 2.29. The lowest BCUT2D eigenvalue weighted by Crippen LogP contribution is -2.20. The molecule has 1 aromatic rings. The SMILES string of the molecule is CCCCS(=O)(=O)CC(=O)Cc1ccc(F)cc1. The summed E-state index contributed by atoms with van der Waals surface area (Å²) in [5.74, 6) is -1.09. The molecule has 0 aromatic heterocycles. The zero-order valence-corrected chi connectivity index (χ0v) is 11.2. The van der Waals surface area contributed by atoms with Crippen LogP contribution in [0.4, 0.5) is 4.39 Å². The fourth-order valence-corrected chi connectivity index (χ4v) is 3.03. The number of benzene rings is 1. The van der Waals surface area contributed by atoms with E-state index in [0.29, 0.717) is 12.0 Å². The Kier molecular flexibility index (Phi) is 5.47. The maximum absolute atomic E-state index is 12.7. The molecule has 0 aliphatic carbocycles. The van der Waals surface area contributed by atoms with Gasteiger partial charge in [-0.1, -0.05) is 25.5 Å². The van der Waals surface area contributed by atoms with Crippen LogP contribution in [0.3, 0.4) is 0 Å². The molecule has 3 nitrogen and oxygen atoms in total. The third-order valence-corrected chi connectivity index (χ3v) is 4.18. The number of rotatable bonds is 7. The molecular formula is C13H17FO3S. The highest BCUT2D eigenvalue weighted by molar-refractivity contribution is 7.92. The van der Waals surface area contributed by atoms with E-state index >= 15 is 0 Å². The van der Waals surface area contributed by atoms with E-state index in [9.17, 15) is 17.6 Å². The molecule has 0 saturated heterocycles. The second kappa shape index (κ2) is 6.64. The summed E-state index contributed by atoms with van der Waals surface area (Å²) in [6.45, 7) is 1.90. The van der Waals surface area contributed by atoms with Crippen LogP contribution in [-0.2, 0) is 21.1 Å². The number of Topliss-reactive ketones (excluding diaryl/α,β-unsaturated/α-hetero) is 1. The van der Waals surface area contributed by atoms with Gasteiger partial charge >= 0.3 is 0 Å². The van der Waals surface area contributed by atoms with E-state index < -0.39 is 15.6 Å². The highest BCUT2D eigenvalue weighted by Gasteiger charge is 2.16. The summed E-state index contributed by atoms with van der Waals surface area (Å²) < 4.78 is 35.8. The van der Waals surface area contributed by atoms with Gasteiger partial charge in [-0.25, -0.2) is 12.8 Å². The van der Waals surface area contributed by atoms with Crippen LogP contribution in [0.2, 0.25) is 0 Å². The Morgan fingerprint density at radius 2 is 1.83 bits per heavy atom. The standard InChI is InChI=1S/C13H17FO3S/c1-2-3-8-18(16,17)10-13(15)9-11-4-6-12(14)7-5-11/h4-7H,2-3,8-10H2,1H3. The molecular weight excluding hydrogens is 255 g/mol. The number of hydrogen-bond acceptors (Lipinski definition) is 3. The Morgan fingerprint density at radius 1 is 1.22 bits per heavy atom. The number of carbonyl (C=O) groups is 1. The van der Waals surface area contributed by atoms with Crippen LogP contribution in [0, 0.1) is 5.82 Å². The maximum Gasteiger partial charge on any atom is 0.157 e. The van der Waals surface area contributed by atoms with Gasteiger partial charge in [-0.2, -0.15) is 0 Å². The third kappa shape index (κ3) is 5.40. The van der Waals surface area contributed by atoms with E-state index in [-0.39, 0.29) is 23.8 Å². The summed E-state index contributed by atoms with van der Waals surface area (Å²) in [6.07, 6.45) is 1.39. The van der Waals surface area contributed by atoms with Crippen LogP contribution in [0.15, 0.2) is 24.3 Å². The van der Waals surface area contributed by atoms with Gasteiger partial charge in [0.2, 0.25) is 0 Å². The first-order valence-corrected chi connectivity index (χ1v) is 7.71. The Bertz CT molecular complexity index is 491. The maximum atomic E-state index is 12.7. The summed E-state index contributed by atoms with van der Waals surface area (Å²) in [7, 11) is -3.29. The first-order chi connectivity index (χ1) is 8.43.